The first-order valence-corrected chi connectivity index (χ1v) is 8.00. The number of aliphatic carboxylic acids is 1. The van der Waals surface area contributed by atoms with E-state index >= 15 is 0 Å². The van der Waals surface area contributed by atoms with E-state index in [9.17, 15) is 9.18 Å². The number of nitrogens with one attached hydrogen (secondary N) is 2. The number of imidazole rings is 1. The van der Waals surface area contributed by atoms with Crippen molar-refractivity contribution in [3.63, 3.8) is 0 Å². The molecule has 0 aliphatic heterocycles. The van der Waals surface area contributed by atoms with Crippen LogP contribution in [0.4, 0.5) is 10.2 Å². The molecule has 6 nitrogen and oxygen atoms in total. The predicted molar refractivity (Wildman–Crippen MR) is 86.7 cm³/mol. The van der Waals surface area contributed by atoms with Gasteiger partial charge in [-0.05, 0) is 42.4 Å². The Bertz CT molecular complexity index is 690. The Balaban J connectivity index is 1.42. The fourth-order valence-electron chi connectivity index (χ4n) is 2.80. The Labute approximate surface area is 139 Å². The number of halogens is 1. The highest BCUT2D eigenvalue weighted by molar-refractivity contribution is 5.67. The average molecular weight is 333 g/mol. The minimum Gasteiger partial charge on any atom is -0.490 e. The van der Waals surface area contributed by atoms with Crippen LogP contribution >= 0.6 is 0 Å². The van der Waals surface area contributed by atoms with Gasteiger partial charge in [0.05, 0.1) is 19.1 Å². The maximum Gasteiger partial charge on any atom is 0.303 e. The number of carboxylic acid groups (broad SMARTS) is 1. The zero-order valence-electron chi connectivity index (χ0n) is 13.2. The molecule has 0 amide bonds. The molecule has 3 N–H and O–H groups in total. The smallest absolute Gasteiger partial charge is 0.303 e. The van der Waals surface area contributed by atoms with Gasteiger partial charge in [0.15, 0.2) is 11.6 Å². The molecule has 1 heterocycles. The lowest BCUT2D eigenvalue weighted by atomic mass is 10.1. The quantitative estimate of drug-likeness (QED) is 0.614. The van der Waals surface area contributed by atoms with Crippen molar-refractivity contribution in [3.05, 3.63) is 42.1 Å². The third-order valence-corrected chi connectivity index (χ3v) is 4.14. The normalized spacial score (nSPS) is 19.0. The topological polar surface area (TPSA) is 87.2 Å². The van der Waals surface area contributed by atoms with Crippen LogP contribution in [-0.4, -0.2) is 34.2 Å². The van der Waals surface area contributed by atoms with E-state index in [1.54, 1.807) is 18.6 Å². The molecule has 128 valence electrons. The number of rotatable bonds is 9. The fraction of sp³-hybridized carbons (Fsp3) is 0.412. The van der Waals surface area contributed by atoms with E-state index < -0.39 is 11.8 Å². The van der Waals surface area contributed by atoms with Crippen LogP contribution in [0.15, 0.2) is 30.7 Å². The number of hydrogen-bond donors (Lipinski definition) is 3. The Morgan fingerprint density at radius 3 is 3.08 bits per heavy atom. The number of carbonyl (C=O) groups is 1. The van der Waals surface area contributed by atoms with Gasteiger partial charge < -0.3 is 20.1 Å². The summed E-state index contributed by atoms with van der Waals surface area (Å²) in [4.78, 5) is 17.5. The lowest BCUT2D eigenvalue weighted by molar-refractivity contribution is -0.137. The molecule has 3 rings (SSSR count). The lowest BCUT2D eigenvalue weighted by Crippen LogP contribution is -2.08. The van der Waals surface area contributed by atoms with E-state index in [2.05, 4.69) is 15.3 Å². The van der Waals surface area contributed by atoms with Crippen LogP contribution in [0.3, 0.4) is 0 Å². The summed E-state index contributed by atoms with van der Waals surface area (Å²) in [6, 6.07) is 4.92. The molecule has 1 aliphatic carbocycles. The van der Waals surface area contributed by atoms with E-state index in [-0.39, 0.29) is 24.0 Å². The van der Waals surface area contributed by atoms with Crippen molar-refractivity contribution in [2.24, 2.45) is 5.92 Å². The minimum atomic E-state index is -0.799. The third kappa shape index (κ3) is 4.24. The zero-order chi connectivity index (χ0) is 16.9. The maximum absolute atomic E-state index is 14.1. The summed E-state index contributed by atoms with van der Waals surface area (Å²) in [5.74, 6) is 0.161. The summed E-state index contributed by atoms with van der Waals surface area (Å²) in [5.41, 5.74) is 0.854. The molecule has 0 saturated heterocycles. The molecule has 1 aliphatic rings. The number of anilines is 1. The highest BCUT2D eigenvalue weighted by Crippen LogP contribution is 2.49. The Kier molecular flexibility index (Phi) is 4.98. The molecule has 0 bridgehead atoms. The molecular formula is C17H20FN3O3. The number of carboxylic acids is 1. The van der Waals surface area contributed by atoms with Crippen molar-refractivity contribution in [2.75, 3.05) is 18.5 Å². The van der Waals surface area contributed by atoms with Crippen LogP contribution in [0, 0.1) is 11.7 Å². The molecule has 0 spiro atoms. The van der Waals surface area contributed by atoms with Crippen LogP contribution in [0.25, 0.3) is 0 Å². The number of aromatic nitrogens is 2. The molecule has 1 fully saturated rings. The fourth-order valence-corrected chi connectivity index (χ4v) is 2.80. The van der Waals surface area contributed by atoms with Crippen LogP contribution in [0.5, 0.6) is 5.75 Å². The van der Waals surface area contributed by atoms with Gasteiger partial charge in [0.25, 0.3) is 0 Å². The molecule has 1 aromatic carbocycles. The van der Waals surface area contributed by atoms with Gasteiger partial charge in [0, 0.05) is 13.0 Å². The number of H-pyrrole nitrogens is 1. The van der Waals surface area contributed by atoms with Crippen LogP contribution in [-0.2, 0) is 4.79 Å². The Morgan fingerprint density at radius 1 is 1.50 bits per heavy atom. The van der Waals surface area contributed by atoms with Gasteiger partial charge in [0.1, 0.15) is 5.82 Å². The molecule has 24 heavy (non-hydrogen) atoms. The van der Waals surface area contributed by atoms with Gasteiger partial charge in [-0.25, -0.2) is 9.37 Å². The van der Waals surface area contributed by atoms with E-state index in [1.807, 2.05) is 6.07 Å². The summed E-state index contributed by atoms with van der Waals surface area (Å²) >= 11 is 0. The molecule has 2 atom stereocenters. The van der Waals surface area contributed by atoms with Gasteiger partial charge in [-0.1, -0.05) is 6.07 Å². The Morgan fingerprint density at radius 2 is 2.38 bits per heavy atom. The molecule has 1 saturated carbocycles. The second kappa shape index (κ2) is 7.33. The highest BCUT2D eigenvalue weighted by Gasteiger charge is 2.39. The number of benzene rings is 1. The third-order valence-electron chi connectivity index (χ3n) is 4.14. The van der Waals surface area contributed by atoms with Gasteiger partial charge in [-0.15, -0.1) is 0 Å². The Hall–Kier alpha value is -2.57. The van der Waals surface area contributed by atoms with Gasteiger partial charge in [0.2, 0.25) is 0 Å². The second-order valence-corrected chi connectivity index (χ2v) is 5.98. The van der Waals surface area contributed by atoms with Crippen molar-refractivity contribution in [2.45, 2.75) is 25.2 Å². The monoisotopic (exact) mass is 333 g/mol. The molecule has 1 aromatic heterocycles. The van der Waals surface area contributed by atoms with Gasteiger partial charge in [-0.3, -0.25) is 4.79 Å². The first-order valence-electron chi connectivity index (χ1n) is 8.00. The van der Waals surface area contributed by atoms with E-state index in [0.717, 1.165) is 24.2 Å². The summed E-state index contributed by atoms with van der Waals surface area (Å²) in [7, 11) is 0. The van der Waals surface area contributed by atoms with Crippen molar-refractivity contribution in [3.8, 4) is 5.75 Å². The largest absolute Gasteiger partial charge is 0.490 e. The number of nitrogens with zero attached hydrogens (tertiary/aromatic N) is 1. The summed E-state index contributed by atoms with van der Waals surface area (Å²) in [6.07, 6.45) is 4.97. The van der Waals surface area contributed by atoms with E-state index in [4.69, 9.17) is 9.84 Å². The van der Waals surface area contributed by atoms with Crippen molar-refractivity contribution in [1.82, 2.24) is 9.97 Å². The summed E-state index contributed by atoms with van der Waals surface area (Å²) in [6.45, 7) is 1.10. The number of aromatic amines is 1. The van der Waals surface area contributed by atoms with Crippen LogP contribution in [0.1, 0.15) is 30.7 Å². The molecule has 2 unspecified atom stereocenters. The standard InChI is InChI=1S/C17H20FN3O3/c18-14-7-11(13-6-12(13)8-17(22)23)2-3-15(14)24-5-1-4-20-16-9-19-10-21-16/h2-3,7,9-10,12-13,20H,1,4-6,8H2,(H,19,21)(H,22,23). The molecule has 7 heteroatoms. The van der Waals surface area contributed by atoms with Gasteiger partial charge >= 0.3 is 5.97 Å². The van der Waals surface area contributed by atoms with Crippen molar-refractivity contribution < 1.29 is 19.0 Å². The first-order chi connectivity index (χ1) is 11.6. The average Bonchev–Trinajstić information content (AvgIpc) is 3.09. The minimum absolute atomic E-state index is 0.127. The van der Waals surface area contributed by atoms with Crippen LogP contribution in [0.2, 0.25) is 0 Å². The molecule has 0 radical (unpaired) electrons. The van der Waals surface area contributed by atoms with E-state index in [1.165, 1.54) is 6.07 Å². The second-order valence-electron chi connectivity index (χ2n) is 5.98. The SMILES string of the molecule is O=C(O)CC1CC1c1ccc(OCCCNc2cnc[nH]2)c(F)c1. The number of ether oxygens (including phenoxy) is 1. The molecule has 2 aromatic rings. The summed E-state index contributed by atoms with van der Waals surface area (Å²) < 4.78 is 19.6. The lowest BCUT2D eigenvalue weighted by Gasteiger charge is -2.09. The highest BCUT2D eigenvalue weighted by atomic mass is 19.1. The van der Waals surface area contributed by atoms with E-state index in [0.29, 0.717) is 13.2 Å². The maximum atomic E-state index is 14.1. The van der Waals surface area contributed by atoms with Crippen LogP contribution < -0.4 is 10.1 Å². The molecular weight excluding hydrogens is 313 g/mol. The first kappa shape index (κ1) is 16.3. The summed E-state index contributed by atoms with van der Waals surface area (Å²) in [5, 5.41) is 11.9. The zero-order valence-corrected chi connectivity index (χ0v) is 13.2. The predicted octanol–water partition coefficient (Wildman–Crippen LogP) is 3.01. The van der Waals surface area contributed by atoms with Gasteiger partial charge in [-0.2, -0.15) is 0 Å². The van der Waals surface area contributed by atoms with Crippen molar-refractivity contribution in [1.29, 1.82) is 0 Å². The number of hydrogen-bond acceptors (Lipinski definition) is 4. The van der Waals surface area contributed by atoms with Crippen molar-refractivity contribution >= 4 is 11.8 Å².